The van der Waals surface area contributed by atoms with Crippen molar-refractivity contribution in [1.82, 2.24) is 10.2 Å². The molecule has 14 heavy (non-hydrogen) atoms. The zero-order valence-electron chi connectivity index (χ0n) is 6.71. The maximum absolute atomic E-state index is 10.4. The van der Waals surface area contributed by atoms with E-state index in [0.717, 1.165) is 0 Å². The Hall–Kier alpha value is -1.65. The number of carbonyl (C=O) groups excluding carboxylic acids is 1. The van der Waals surface area contributed by atoms with Gasteiger partial charge in [-0.25, -0.2) is 0 Å². The van der Waals surface area contributed by atoms with Crippen molar-refractivity contribution >= 4 is 22.1 Å². The summed E-state index contributed by atoms with van der Waals surface area (Å²) in [5.74, 6) is -0.427. The third kappa shape index (κ3) is 5.93. The molecule has 7 N–H and O–H groups in total. The molecule has 0 aliphatic rings. The van der Waals surface area contributed by atoms with Crippen molar-refractivity contribution in [3.8, 4) is 0 Å². The summed E-state index contributed by atoms with van der Waals surface area (Å²) in [4.78, 5) is 10.4. The Labute approximate surface area is 78.7 Å². The van der Waals surface area contributed by atoms with Crippen LogP contribution in [-0.4, -0.2) is 33.6 Å². The smallest absolute Gasteiger partial charge is 0.382 e. The summed E-state index contributed by atoms with van der Waals surface area (Å²) >= 11 is 0. The molecule has 0 atom stereocenters. The summed E-state index contributed by atoms with van der Waals surface area (Å²) in [6.07, 6.45) is 1.36. The zero-order valence-corrected chi connectivity index (χ0v) is 7.52. The number of primary amides is 1. The molecule has 0 fully saturated rings. The van der Waals surface area contributed by atoms with Gasteiger partial charge < -0.3 is 11.5 Å². The fourth-order valence-corrected chi connectivity index (χ4v) is 0.498. The number of hydrogen-bond donors (Lipinski definition) is 5. The second-order valence-electron chi connectivity index (χ2n) is 2.00. The van der Waals surface area contributed by atoms with Crippen molar-refractivity contribution in [3.05, 3.63) is 11.8 Å². The molecule has 1 aromatic heterocycles. The highest BCUT2D eigenvalue weighted by Crippen LogP contribution is 2.02. The first-order chi connectivity index (χ1) is 6.22. The van der Waals surface area contributed by atoms with E-state index in [9.17, 15) is 4.79 Å². The van der Waals surface area contributed by atoms with Crippen molar-refractivity contribution in [2.45, 2.75) is 0 Å². The average Bonchev–Trinajstić information content (AvgIpc) is 2.30. The van der Waals surface area contributed by atoms with E-state index in [1.807, 2.05) is 0 Å². The average molecular weight is 224 g/mol. The number of amides is 1. The number of nitrogens with two attached hydrogens (primary N) is 2. The molecular formula is C4H8N4O5S. The van der Waals surface area contributed by atoms with Crippen molar-refractivity contribution in [2.24, 2.45) is 5.73 Å². The van der Waals surface area contributed by atoms with E-state index in [-0.39, 0.29) is 11.4 Å². The fourth-order valence-electron chi connectivity index (χ4n) is 0.498. The first-order valence-corrected chi connectivity index (χ1v) is 4.40. The number of aromatic amines is 1. The van der Waals surface area contributed by atoms with Gasteiger partial charge in [0.2, 0.25) is 0 Å². The molecule has 0 saturated carbocycles. The van der Waals surface area contributed by atoms with E-state index in [2.05, 4.69) is 10.2 Å². The summed E-state index contributed by atoms with van der Waals surface area (Å²) in [7, 11) is -4.67. The molecule has 0 saturated heterocycles. The molecule has 1 amide bonds. The van der Waals surface area contributed by atoms with E-state index >= 15 is 0 Å². The van der Waals surface area contributed by atoms with Crippen LogP contribution in [0.4, 0.5) is 5.82 Å². The van der Waals surface area contributed by atoms with Crippen LogP contribution in [0.15, 0.2) is 6.20 Å². The lowest BCUT2D eigenvalue weighted by Crippen LogP contribution is -2.11. The molecular weight excluding hydrogens is 216 g/mol. The predicted octanol–water partition coefficient (Wildman–Crippen LogP) is -1.56. The molecule has 0 aliphatic heterocycles. The van der Waals surface area contributed by atoms with Gasteiger partial charge in [0.25, 0.3) is 5.91 Å². The molecule has 0 aliphatic carbocycles. The molecule has 10 heteroatoms. The Morgan fingerprint density at radius 1 is 1.50 bits per heavy atom. The lowest BCUT2D eigenvalue weighted by Gasteiger charge is -1.85. The van der Waals surface area contributed by atoms with Gasteiger partial charge in [-0.1, -0.05) is 0 Å². The zero-order chi connectivity index (χ0) is 11.4. The number of anilines is 1. The van der Waals surface area contributed by atoms with E-state index < -0.39 is 16.3 Å². The highest BCUT2D eigenvalue weighted by Gasteiger charge is 2.05. The third-order valence-corrected chi connectivity index (χ3v) is 0.935. The molecule has 1 heterocycles. The molecule has 0 spiro atoms. The van der Waals surface area contributed by atoms with Crippen LogP contribution < -0.4 is 11.5 Å². The highest BCUT2D eigenvalue weighted by molar-refractivity contribution is 7.79. The normalized spacial score (nSPS) is 10.1. The minimum absolute atomic E-state index is 0.141. The fraction of sp³-hybridized carbons (Fsp3) is 0. The second kappa shape index (κ2) is 4.55. The molecule has 9 nitrogen and oxygen atoms in total. The number of hydrogen-bond acceptors (Lipinski definition) is 5. The monoisotopic (exact) mass is 224 g/mol. The summed E-state index contributed by atoms with van der Waals surface area (Å²) in [5, 5.41) is 5.89. The van der Waals surface area contributed by atoms with Crippen LogP contribution in [0.3, 0.4) is 0 Å². The molecule has 1 rings (SSSR count). The number of nitrogens with one attached hydrogen (secondary N) is 1. The van der Waals surface area contributed by atoms with Gasteiger partial charge in [-0.2, -0.15) is 13.5 Å². The summed E-state index contributed by atoms with van der Waals surface area (Å²) in [6, 6.07) is 0. The van der Waals surface area contributed by atoms with Crippen LogP contribution in [0, 0.1) is 0 Å². The molecule has 0 aromatic carbocycles. The number of aromatic nitrogens is 2. The van der Waals surface area contributed by atoms with Gasteiger partial charge in [-0.3, -0.25) is 19.0 Å². The number of rotatable bonds is 1. The highest BCUT2D eigenvalue weighted by atomic mass is 32.3. The van der Waals surface area contributed by atoms with E-state index in [0.29, 0.717) is 0 Å². The first-order valence-electron chi connectivity index (χ1n) is 3.00. The Morgan fingerprint density at radius 3 is 2.07 bits per heavy atom. The SMILES string of the molecule is NC(=O)c1c[nH]nc1N.O=S(=O)(O)O. The van der Waals surface area contributed by atoms with Crippen molar-refractivity contribution in [2.75, 3.05) is 5.73 Å². The summed E-state index contributed by atoms with van der Waals surface area (Å²) in [5.41, 5.74) is 10.3. The Balaban J connectivity index is 0.000000292. The van der Waals surface area contributed by atoms with Gasteiger partial charge in [0.1, 0.15) is 5.56 Å². The molecule has 0 radical (unpaired) electrons. The van der Waals surface area contributed by atoms with Crippen molar-refractivity contribution in [3.63, 3.8) is 0 Å². The lowest BCUT2D eigenvalue weighted by molar-refractivity contribution is 0.100. The standard InChI is InChI=1S/C4H6N4O.H2O4S/c5-3-2(4(6)9)1-7-8-3;1-5(2,3)4/h1H,(H2,6,9)(H3,5,7,8);(H2,1,2,3,4). The minimum atomic E-state index is -4.67. The maximum Gasteiger partial charge on any atom is 0.394 e. The summed E-state index contributed by atoms with van der Waals surface area (Å²) in [6.45, 7) is 0. The van der Waals surface area contributed by atoms with Crippen LogP contribution in [0.1, 0.15) is 10.4 Å². The third-order valence-electron chi connectivity index (χ3n) is 0.935. The minimum Gasteiger partial charge on any atom is -0.382 e. The molecule has 1 aromatic rings. The van der Waals surface area contributed by atoms with Crippen molar-refractivity contribution < 1.29 is 22.3 Å². The van der Waals surface area contributed by atoms with Gasteiger partial charge in [0, 0.05) is 6.20 Å². The second-order valence-corrected chi connectivity index (χ2v) is 2.89. The van der Waals surface area contributed by atoms with Crippen LogP contribution in [0.25, 0.3) is 0 Å². The number of nitrogens with zero attached hydrogens (tertiary/aromatic N) is 1. The van der Waals surface area contributed by atoms with Gasteiger partial charge in [-0.15, -0.1) is 0 Å². The van der Waals surface area contributed by atoms with Gasteiger partial charge in [-0.05, 0) is 0 Å². The lowest BCUT2D eigenvalue weighted by atomic mass is 10.3. The molecule has 0 bridgehead atoms. The van der Waals surface area contributed by atoms with E-state index in [1.54, 1.807) is 0 Å². The van der Waals surface area contributed by atoms with Crippen molar-refractivity contribution in [1.29, 1.82) is 0 Å². The van der Waals surface area contributed by atoms with E-state index in [1.165, 1.54) is 6.20 Å². The van der Waals surface area contributed by atoms with Gasteiger partial charge >= 0.3 is 10.4 Å². The number of carbonyl (C=O) groups is 1. The topological polar surface area (TPSA) is 172 Å². The van der Waals surface area contributed by atoms with Crippen LogP contribution in [0.2, 0.25) is 0 Å². The first kappa shape index (κ1) is 12.3. The Kier molecular flexibility index (Phi) is 4.01. The Morgan fingerprint density at radius 2 is 1.93 bits per heavy atom. The van der Waals surface area contributed by atoms with Crippen LogP contribution in [0.5, 0.6) is 0 Å². The maximum atomic E-state index is 10.4. The Bertz CT molecular complexity index is 401. The van der Waals surface area contributed by atoms with Crippen LogP contribution in [-0.2, 0) is 10.4 Å². The quantitative estimate of drug-likeness (QED) is 0.358. The largest absolute Gasteiger partial charge is 0.394 e. The van der Waals surface area contributed by atoms with Gasteiger partial charge in [0.05, 0.1) is 0 Å². The predicted molar refractivity (Wildman–Crippen MR) is 45.7 cm³/mol. The molecule has 80 valence electrons. The van der Waals surface area contributed by atoms with Gasteiger partial charge in [0.15, 0.2) is 5.82 Å². The van der Waals surface area contributed by atoms with Crippen LogP contribution >= 0.6 is 0 Å². The number of nitrogen functional groups attached to an aromatic ring is 1. The summed E-state index contributed by atoms with van der Waals surface area (Å²) < 4.78 is 31.6. The number of H-pyrrole nitrogens is 1. The molecule has 0 unspecified atom stereocenters. The van der Waals surface area contributed by atoms with E-state index in [4.69, 9.17) is 29.0 Å².